The zero-order valence-electron chi connectivity index (χ0n) is 14.2. The molecule has 0 atom stereocenters. The van der Waals surface area contributed by atoms with Gasteiger partial charge in [-0.2, -0.15) is 5.10 Å². The fourth-order valence-corrected chi connectivity index (χ4v) is 3.01. The minimum absolute atomic E-state index is 0.326. The Balaban J connectivity index is 1.54. The minimum atomic E-state index is -0.343. The van der Waals surface area contributed by atoms with Gasteiger partial charge in [-0.3, -0.25) is 9.48 Å². The van der Waals surface area contributed by atoms with Gasteiger partial charge in [0.2, 0.25) is 0 Å². The minimum Gasteiger partial charge on any atom is -0.340 e. The van der Waals surface area contributed by atoms with Crippen molar-refractivity contribution in [2.24, 2.45) is 7.05 Å². The third-order valence-corrected chi connectivity index (χ3v) is 4.34. The van der Waals surface area contributed by atoms with Crippen LogP contribution in [0.4, 0.5) is 10.2 Å². The molecule has 0 aliphatic heterocycles. The number of amides is 1. The Hall–Kier alpha value is -3.41. The second-order valence-electron chi connectivity index (χ2n) is 6.10. The number of aryl methyl sites for hydroxylation is 1. The summed E-state index contributed by atoms with van der Waals surface area (Å²) in [4.78, 5) is 12.6. The summed E-state index contributed by atoms with van der Waals surface area (Å²) in [6.07, 6.45) is 1.81. The molecule has 2 aromatic heterocycles. The summed E-state index contributed by atoms with van der Waals surface area (Å²) < 4.78 is 17.4. The fraction of sp³-hybridized carbons (Fsp3) is 0.100. The first-order chi connectivity index (χ1) is 12.6. The number of anilines is 1. The molecule has 0 aliphatic carbocycles. The Morgan fingerprint density at radius 2 is 1.92 bits per heavy atom. The summed E-state index contributed by atoms with van der Waals surface area (Å²) in [6.45, 7) is 0.621. The third-order valence-electron chi connectivity index (χ3n) is 4.34. The molecule has 1 amide bonds. The normalized spacial score (nSPS) is 11.0. The Morgan fingerprint density at radius 3 is 2.69 bits per heavy atom. The van der Waals surface area contributed by atoms with Crippen molar-refractivity contribution in [3.05, 3.63) is 83.9 Å². The van der Waals surface area contributed by atoms with E-state index in [2.05, 4.69) is 10.4 Å². The van der Waals surface area contributed by atoms with Gasteiger partial charge in [-0.1, -0.05) is 36.4 Å². The topological polar surface area (TPSA) is 51.9 Å². The summed E-state index contributed by atoms with van der Waals surface area (Å²) in [6, 6.07) is 18.0. The van der Waals surface area contributed by atoms with Gasteiger partial charge in [-0.25, -0.2) is 4.39 Å². The zero-order valence-corrected chi connectivity index (χ0v) is 14.2. The number of fused-ring (bicyclic) bond motifs is 1. The predicted octanol–water partition coefficient (Wildman–Crippen LogP) is 3.81. The Morgan fingerprint density at radius 1 is 1.12 bits per heavy atom. The Labute approximate surface area is 149 Å². The fourth-order valence-electron chi connectivity index (χ4n) is 3.01. The maximum absolute atomic E-state index is 13.9. The molecule has 0 spiro atoms. The van der Waals surface area contributed by atoms with E-state index >= 15 is 0 Å². The molecule has 5 nitrogen and oxygen atoms in total. The van der Waals surface area contributed by atoms with Crippen molar-refractivity contribution in [1.82, 2.24) is 14.3 Å². The molecule has 2 heterocycles. The van der Waals surface area contributed by atoms with E-state index in [9.17, 15) is 9.18 Å². The van der Waals surface area contributed by atoms with Gasteiger partial charge in [-0.05, 0) is 23.8 Å². The van der Waals surface area contributed by atoms with Gasteiger partial charge in [0.15, 0.2) is 5.82 Å². The van der Waals surface area contributed by atoms with E-state index in [-0.39, 0.29) is 11.7 Å². The van der Waals surface area contributed by atoms with Crippen molar-refractivity contribution in [1.29, 1.82) is 0 Å². The Kier molecular flexibility index (Phi) is 4.01. The molecule has 0 aliphatic rings. The monoisotopic (exact) mass is 348 g/mol. The molecule has 0 radical (unpaired) electrons. The molecule has 4 rings (SSSR count). The molecule has 130 valence electrons. The number of halogens is 1. The zero-order chi connectivity index (χ0) is 18.1. The number of rotatable bonds is 4. The molecule has 4 aromatic rings. The van der Waals surface area contributed by atoms with Crippen LogP contribution in [-0.4, -0.2) is 20.3 Å². The lowest BCUT2D eigenvalue weighted by Crippen LogP contribution is -2.16. The maximum Gasteiger partial charge on any atom is 0.273 e. The van der Waals surface area contributed by atoms with E-state index < -0.39 is 0 Å². The standard InChI is InChI=1S/C20H17FN4O/c1-24-17-9-5-8-16(21)15(17)12-18(24)20(26)22-19-10-11-25(23-19)13-14-6-3-2-4-7-14/h2-12H,13H2,1H3,(H,22,23,26). The molecule has 0 saturated carbocycles. The number of benzene rings is 2. The largest absolute Gasteiger partial charge is 0.340 e. The first-order valence-electron chi connectivity index (χ1n) is 8.24. The van der Waals surface area contributed by atoms with Crippen LogP contribution in [0.1, 0.15) is 16.1 Å². The number of aromatic nitrogens is 3. The average molecular weight is 348 g/mol. The number of carbonyl (C=O) groups excluding carboxylic acids is 1. The molecule has 26 heavy (non-hydrogen) atoms. The number of hydrogen-bond donors (Lipinski definition) is 1. The maximum atomic E-state index is 13.9. The highest BCUT2D eigenvalue weighted by molar-refractivity contribution is 6.06. The van der Waals surface area contributed by atoms with Gasteiger partial charge in [0.05, 0.1) is 12.1 Å². The molecular formula is C20H17FN4O. The molecule has 0 bridgehead atoms. The summed E-state index contributed by atoms with van der Waals surface area (Å²) in [5.74, 6) is -0.214. The van der Waals surface area contributed by atoms with E-state index in [1.165, 1.54) is 6.07 Å². The second-order valence-corrected chi connectivity index (χ2v) is 6.10. The molecule has 0 fully saturated rings. The van der Waals surface area contributed by atoms with Crippen molar-refractivity contribution in [2.45, 2.75) is 6.54 Å². The number of nitrogens with zero attached hydrogens (tertiary/aromatic N) is 3. The van der Waals surface area contributed by atoms with Gasteiger partial charge in [0.25, 0.3) is 5.91 Å². The molecular weight excluding hydrogens is 331 g/mol. The number of carbonyl (C=O) groups is 1. The van der Waals surface area contributed by atoms with Gasteiger partial charge in [-0.15, -0.1) is 0 Å². The van der Waals surface area contributed by atoms with Crippen LogP contribution in [0.15, 0.2) is 66.9 Å². The van der Waals surface area contributed by atoms with Crippen LogP contribution in [0.2, 0.25) is 0 Å². The second kappa shape index (κ2) is 6.48. The highest BCUT2D eigenvalue weighted by Gasteiger charge is 2.16. The van der Waals surface area contributed by atoms with Crippen LogP contribution in [0, 0.1) is 5.82 Å². The highest BCUT2D eigenvalue weighted by Crippen LogP contribution is 2.22. The van der Waals surface area contributed by atoms with Crippen LogP contribution in [-0.2, 0) is 13.6 Å². The molecule has 0 saturated heterocycles. The molecule has 1 N–H and O–H groups in total. The SMILES string of the molecule is Cn1c(C(=O)Nc2ccn(Cc3ccccc3)n2)cc2c(F)cccc21. The van der Waals surface area contributed by atoms with Gasteiger partial charge < -0.3 is 9.88 Å². The van der Waals surface area contributed by atoms with Crippen molar-refractivity contribution >= 4 is 22.6 Å². The summed E-state index contributed by atoms with van der Waals surface area (Å²) in [7, 11) is 1.74. The summed E-state index contributed by atoms with van der Waals surface area (Å²) >= 11 is 0. The van der Waals surface area contributed by atoms with Gasteiger partial charge >= 0.3 is 0 Å². The lowest BCUT2D eigenvalue weighted by Gasteiger charge is -2.04. The first-order valence-corrected chi connectivity index (χ1v) is 8.24. The van der Waals surface area contributed by atoms with Crippen molar-refractivity contribution in [3.63, 3.8) is 0 Å². The third kappa shape index (κ3) is 2.97. The smallest absolute Gasteiger partial charge is 0.273 e. The van der Waals surface area contributed by atoms with Crippen LogP contribution < -0.4 is 5.32 Å². The quantitative estimate of drug-likeness (QED) is 0.610. The van der Waals surface area contributed by atoms with Gasteiger partial charge in [0, 0.05) is 24.7 Å². The first kappa shape index (κ1) is 16.1. The number of hydrogen-bond acceptors (Lipinski definition) is 2. The van der Waals surface area contributed by atoms with E-state index in [0.717, 1.165) is 5.56 Å². The lowest BCUT2D eigenvalue weighted by atomic mass is 10.2. The van der Waals surface area contributed by atoms with E-state index in [0.29, 0.717) is 29.0 Å². The van der Waals surface area contributed by atoms with Crippen LogP contribution >= 0.6 is 0 Å². The number of nitrogens with one attached hydrogen (secondary N) is 1. The lowest BCUT2D eigenvalue weighted by molar-refractivity contribution is 0.101. The van der Waals surface area contributed by atoms with Crippen molar-refractivity contribution < 1.29 is 9.18 Å². The molecule has 0 unspecified atom stereocenters. The van der Waals surface area contributed by atoms with Crippen LogP contribution in [0.5, 0.6) is 0 Å². The van der Waals surface area contributed by atoms with Crippen LogP contribution in [0.3, 0.4) is 0 Å². The Bertz CT molecular complexity index is 1080. The van der Waals surface area contributed by atoms with Crippen molar-refractivity contribution in [2.75, 3.05) is 5.32 Å². The van der Waals surface area contributed by atoms with Gasteiger partial charge in [0.1, 0.15) is 11.5 Å². The molecule has 6 heteroatoms. The van der Waals surface area contributed by atoms with E-state index in [1.807, 2.05) is 36.5 Å². The summed E-state index contributed by atoms with van der Waals surface area (Å²) in [5.41, 5.74) is 2.17. The average Bonchev–Trinajstić information content (AvgIpc) is 3.21. The van der Waals surface area contributed by atoms with E-state index in [4.69, 9.17) is 0 Å². The van der Waals surface area contributed by atoms with Crippen molar-refractivity contribution in [3.8, 4) is 0 Å². The highest BCUT2D eigenvalue weighted by atomic mass is 19.1. The molecule has 2 aromatic carbocycles. The summed E-state index contributed by atoms with van der Waals surface area (Å²) in [5, 5.41) is 7.57. The predicted molar refractivity (Wildman–Crippen MR) is 98.6 cm³/mol. The van der Waals surface area contributed by atoms with Crippen LogP contribution in [0.25, 0.3) is 10.9 Å². The van der Waals surface area contributed by atoms with E-state index in [1.54, 1.807) is 40.6 Å².